The van der Waals surface area contributed by atoms with E-state index in [0.29, 0.717) is 41.5 Å². The van der Waals surface area contributed by atoms with Gasteiger partial charge in [0.05, 0.1) is 18.3 Å². The number of hydrogen-bond acceptors (Lipinski definition) is 4. The second kappa shape index (κ2) is 7.82. The molecule has 33 heavy (non-hydrogen) atoms. The molecule has 4 aliphatic carbocycles. The van der Waals surface area contributed by atoms with Crippen LogP contribution >= 0.6 is 0 Å². The molecule has 5 fully saturated rings. The van der Waals surface area contributed by atoms with Crippen molar-refractivity contribution < 1.29 is 19.0 Å². The van der Waals surface area contributed by atoms with E-state index in [0.717, 1.165) is 43.6 Å². The van der Waals surface area contributed by atoms with Crippen molar-refractivity contribution in [1.82, 2.24) is 0 Å². The topological polar surface area (TPSA) is 44.8 Å². The normalized spacial score (nSPS) is 55.2. The Bertz CT molecular complexity index is 835. The monoisotopic (exact) mass is 456 g/mol. The van der Waals surface area contributed by atoms with Crippen LogP contribution in [0.2, 0.25) is 0 Å². The van der Waals surface area contributed by atoms with E-state index in [4.69, 9.17) is 14.2 Å². The summed E-state index contributed by atoms with van der Waals surface area (Å²) < 4.78 is 18.9. The predicted molar refractivity (Wildman–Crippen MR) is 127 cm³/mol. The Balaban J connectivity index is 1.26. The highest BCUT2D eigenvalue weighted by Gasteiger charge is 2.65. The Hall–Kier alpha value is -0.870. The lowest BCUT2D eigenvalue weighted by Crippen LogP contribution is -2.56. The van der Waals surface area contributed by atoms with E-state index >= 15 is 0 Å². The molecule has 0 aromatic heterocycles. The van der Waals surface area contributed by atoms with Gasteiger partial charge in [-0.1, -0.05) is 39.3 Å². The molecule has 0 radical (unpaired) electrons. The quantitative estimate of drug-likeness (QED) is 0.362. The molecule has 4 nitrogen and oxygen atoms in total. The zero-order valence-electron chi connectivity index (χ0n) is 21.3. The fraction of sp³-hybridized carbons (Fsp3) is 0.897. The molecule has 0 unspecified atom stereocenters. The van der Waals surface area contributed by atoms with Crippen LogP contribution in [0, 0.1) is 46.3 Å². The third kappa shape index (κ3) is 3.33. The molecular weight excluding hydrogens is 412 g/mol. The van der Waals surface area contributed by atoms with E-state index in [9.17, 15) is 4.79 Å². The van der Waals surface area contributed by atoms with E-state index in [2.05, 4.69) is 33.8 Å². The van der Waals surface area contributed by atoms with Crippen molar-refractivity contribution in [2.45, 2.75) is 110 Å². The minimum absolute atomic E-state index is 0.0848. The van der Waals surface area contributed by atoms with Crippen molar-refractivity contribution in [3.05, 3.63) is 11.6 Å². The molecule has 4 heteroatoms. The van der Waals surface area contributed by atoms with Crippen molar-refractivity contribution in [3.63, 3.8) is 0 Å². The number of fused-ring (bicyclic) bond motifs is 8. The van der Waals surface area contributed by atoms with Gasteiger partial charge in [-0.05, 0) is 91.3 Å². The summed E-state index contributed by atoms with van der Waals surface area (Å²) in [5, 5.41) is 0. The third-order valence-electron chi connectivity index (χ3n) is 11.5. The molecule has 2 saturated heterocycles. The van der Waals surface area contributed by atoms with E-state index in [-0.39, 0.29) is 17.5 Å². The molecule has 2 aliphatic heterocycles. The number of rotatable bonds is 1. The van der Waals surface area contributed by atoms with Crippen molar-refractivity contribution >= 4 is 5.97 Å². The molecule has 0 amide bonds. The van der Waals surface area contributed by atoms with Crippen molar-refractivity contribution in [2.75, 3.05) is 6.61 Å². The SMILES string of the molecule is CC(=O)O[C@H]1CC[C@@]2(C)C(=CC[C@H]3[C@@H]4C[C@@H]5O[C@H]6C[C@@H](C)CO[C@H]6[C@@H](C)[C@@H]5[C@@]4(C)CC[C@@H]32)C1. The second-order valence-corrected chi connectivity index (χ2v) is 13.3. The molecule has 0 aromatic rings. The van der Waals surface area contributed by atoms with Gasteiger partial charge < -0.3 is 14.2 Å². The first-order valence-corrected chi connectivity index (χ1v) is 13.8. The lowest BCUT2D eigenvalue weighted by molar-refractivity contribution is -0.225. The van der Waals surface area contributed by atoms with Crippen molar-refractivity contribution in [1.29, 1.82) is 0 Å². The van der Waals surface area contributed by atoms with Crippen molar-refractivity contribution in [3.8, 4) is 0 Å². The van der Waals surface area contributed by atoms with E-state index < -0.39 is 0 Å². The Morgan fingerprint density at radius 3 is 2.70 bits per heavy atom. The van der Waals surface area contributed by atoms with Gasteiger partial charge in [-0.15, -0.1) is 0 Å². The summed E-state index contributed by atoms with van der Waals surface area (Å²) in [6.45, 7) is 12.4. The summed E-state index contributed by atoms with van der Waals surface area (Å²) in [7, 11) is 0. The Morgan fingerprint density at radius 1 is 1.09 bits per heavy atom. The minimum atomic E-state index is -0.132. The molecule has 12 atom stereocenters. The largest absolute Gasteiger partial charge is 0.462 e. The van der Waals surface area contributed by atoms with E-state index in [1.54, 1.807) is 12.5 Å². The average molecular weight is 457 g/mol. The van der Waals surface area contributed by atoms with Gasteiger partial charge in [-0.2, -0.15) is 0 Å². The summed E-state index contributed by atoms with van der Waals surface area (Å²) in [6, 6.07) is 0. The zero-order chi connectivity index (χ0) is 23.1. The highest BCUT2D eigenvalue weighted by molar-refractivity contribution is 5.66. The molecule has 6 rings (SSSR count). The maximum Gasteiger partial charge on any atom is 0.302 e. The standard InChI is InChI=1S/C29H44O4/c1-16-12-25-27(31-15-16)17(2)26-24(33-25)14-23-21-7-6-19-13-20(32-18(3)30)8-10-28(19,4)22(21)9-11-29(23,26)5/h6,16-17,20-27H,7-15H2,1-5H3/t16-,17+,20+,21-,22+,23+,24+,25+,26+,27+,28+,29+/m1/s1. The number of carbonyl (C=O) groups excluding carboxylic acids is 1. The Kier molecular flexibility index (Phi) is 5.35. The maximum absolute atomic E-state index is 11.5. The fourth-order valence-electron chi connectivity index (χ4n) is 10.1. The van der Waals surface area contributed by atoms with Crippen molar-refractivity contribution in [2.24, 2.45) is 46.3 Å². The van der Waals surface area contributed by atoms with Crippen LogP contribution in [0.1, 0.15) is 86.0 Å². The summed E-state index contributed by atoms with van der Waals surface area (Å²) in [6.07, 6.45) is 13.1. The minimum Gasteiger partial charge on any atom is -0.462 e. The third-order valence-corrected chi connectivity index (χ3v) is 11.5. The van der Waals surface area contributed by atoms with Gasteiger partial charge >= 0.3 is 5.97 Å². The molecule has 0 bridgehead atoms. The number of esters is 1. The van der Waals surface area contributed by atoms with E-state index in [1.807, 2.05) is 0 Å². The molecule has 0 N–H and O–H groups in total. The van der Waals surface area contributed by atoms with Gasteiger partial charge in [0.15, 0.2) is 0 Å². The fourth-order valence-corrected chi connectivity index (χ4v) is 10.1. The summed E-state index contributed by atoms with van der Waals surface area (Å²) in [5.41, 5.74) is 2.24. The molecule has 184 valence electrons. The number of ether oxygens (including phenoxy) is 3. The Labute approximate surface area is 200 Å². The first-order valence-electron chi connectivity index (χ1n) is 13.8. The van der Waals surface area contributed by atoms with Crippen LogP contribution in [-0.2, 0) is 19.0 Å². The van der Waals surface area contributed by atoms with Crippen LogP contribution in [0.4, 0.5) is 0 Å². The average Bonchev–Trinajstić information content (AvgIpc) is 3.06. The molecule has 0 spiro atoms. The van der Waals surface area contributed by atoms with Crippen LogP contribution in [0.25, 0.3) is 0 Å². The van der Waals surface area contributed by atoms with Crippen LogP contribution in [0.3, 0.4) is 0 Å². The van der Waals surface area contributed by atoms with Gasteiger partial charge in [-0.3, -0.25) is 4.79 Å². The summed E-state index contributed by atoms with van der Waals surface area (Å²) >= 11 is 0. The number of allylic oxidation sites excluding steroid dienone is 1. The maximum atomic E-state index is 11.5. The van der Waals surface area contributed by atoms with Crippen LogP contribution in [0.5, 0.6) is 0 Å². The van der Waals surface area contributed by atoms with Crippen LogP contribution in [-0.4, -0.2) is 37.0 Å². The predicted octanol–water partition coefficient (Wildman–Crippen LogP) is 5.94. The first-order chi connectivity index (χ1) is 15.7. The van der Waals surface area contributed by atoms with Crippen LogP contribution < -0.4 is 0 Å². The lowest BCUT2D eigenvalue weighted by Gasteiger charge is -2.59. The smallest absolute Gasteiger partial charge is 0.302 e. The number of hydrogen-bond donors (Lipinski definition) is 0. The van der Waals surface area contributed by atoms with Crippen LogP contribution in [0.15, 0.2) is 11.6 Å². The second-order valence-electron chi connectivity index (χ2n) is 13.3. The Morgan fingerprint density at radius 2 is 1.91 bits per heavy atom. The lowest BCUT2D eigenvalue weighted by atomic mass is 9.46. The van der Waals surface area contributed by atoms with Gasteiger partial charge in [0, 0.05) is 20.0 Å². The van der Waals surface area contributed by atoms with Gasteiger partial charge in [0.25, 0.3) is 0 Å². The molecular formula is C29H44O4. The number of carbonyl (C=O) groups is 1. The van der Waals surface area contributed by atoms with Gasteiger partial charge in [-0.25, -0.2) is 0 Å². The first kappa shape index (κ1) is 22.6. The summed E-state index contributed by atoms with van der Waals surface area (Å²) in [5.74, 6) is 4.00. The molecule has 0 aromatic carbocycles. The highest BCUT2D eigenvalue weighted by atomic mass is 16.6. The zero-order valence-corrected chi connectivity index (χ0v) is 21.3. The molecule has 6 aliphatic rings. The van der Waals surface area contributed by atoms with Gasteiger partial charge in [0.1, 0.15) is 6.10 Å². The van der Waals surface area contributed by atoms with E-state index in [1.165, 1.54) is 32.1 Å². The summed E-state index contributed by atoms with van der Waals surface area (Å²) in [4.78, 5) is 11.5. The van der Waals surface area contributed by atoms with Gasteiger partial charge in [0.2, 0.25) is 0 Å². The molecule has 3 saturated carbocycles. The highest BCUT2D eigenvalue weighted by Crippen LogP contribution is 2.68. The molecule has 2 heterocycles.